The number of hydrogen-bond donors (Lipinski definition) is 3. The van der Waals surface area contributed by atoms with Crippen molar-refractivity contribution in [2.45, 2.75) is 65.1 Å². The minimum absolute atomic E-state index is 0.00153. The van der Waals surface area contributed by atoms with Gasteiger partial charge in [-0.05, 0) is 95.7 Å². The summed E-state index contributed by atoms with van der Waals surface area (Å²) >= 11 is 0. The number of aromatic nitrogens is 1. The van der Waals surface area contributed by atoms with Gasteiger partial charge in [-0.2, -0.15) is 0 Å². The average molecular weight is 822 g/mol. The number of carbonyl (C=O) groups is 5. The SMILES string of the molecule is C[C@@H]1C[C@H]2[C@@H]3CCC4=CC(=O)C=C[C@]4(C)[C@H]3[C@@H](O)C[C@]2(C)[C@H]1C(=O)COC(=O)COCCOCC(=O)OCc1ccc([C@@H](CN)C(=O)Nc2ccc3cnccc3c2)cc1. The Bertz CT molecular complexity index is 2170. The molecule has 4 aliphatic carbocycles. The van der Waals surface area contributed by atoms with Crippen molar-refractivity contribution >= 4 is 45.9 Å². The van der Waals surface area contributed by atoms with Crippen molar-refractivity contribution < 1.29 is 48.0 Å². The smallest absolute Gasteiger partial charge is 0.332 e. The summed E-state index contributed by atoms with van der Waals surface area (Å²) in [6, 6.07) is 14.6. The summed E-state index contributed by atoms with van der Waals surface area (Å²) in [6.45, 7) is 5.43. The van der Waals surface area contributed by atoms with Gasteiger partial charge in [-0.25, -0.2) is 9.59 Å². The number of fused-ring (bicyclic) bond motifs is 6. The zero-order valence-electron chi connectivity index (χ0n) is 34.5. The third-order valence-electron chi connectivity index (χ3n) is 13.6. The van der Waals surface area contributed by atoms with Gasteiger partial charge in [-0.15, -0.1) is 0 Å². The Morgan fingerprint density at radius 2 is 1.70 bits per heavy atom. The maximum atomic E-state index is 13.7. The summed E-state index contributed by atoms with van der Waals surface area (Å²) in [5.41, 5.74) is 8.37. The van der Waals surface area contributed by atoms with Gasteiger partial charge in [-0.1, -0.05) is 62.8 Å². The standard InChI is InChI=1S/C47H55N3O10/c1-28-18-38-36-11-9-33-20-35(51)12-14-46(33,2)44(36)39(52)21-47(38,3)43(28)40(53)25-60-42(55)27-58-17-16-57-26-41(54)59-24-29-4-6-30(7-5-29)37(22-48)45(56)50-34-10-8-32-23-49-15-13-31(32)19-34/h4-8,10,12-15,19-20,23,28,36-39,43-44,52H,9,11,16-18,21-22,24-27,48H2,1-3H3,(H,50,56)/t28-,36+,37-,38+,39+,43-,44-,46+,47+/m1/s1. The molecule has 3 saturated carbocycles. The number of rotatable bonds is 16. The second-order valence-electron chi connectivity index (χ2n) is 17.3. The minimum atomic E-state index is -0.677. The fraction of sp³-hybridized carbons (Fsp3) is 0.489. The van der Waals surface area contributed by atoms with Crippen molar-refractivity contribution in [2.75, 3.05) is 44.9 Å². The fourth-order valence-electron chi connectivity index (χ4n) is 10.9. The number of ether oxygens (including phenoxy) is 4. The van der Waals surface area contributed by atoms with Crippen LogP contribution >= 0.6 is 0 Å². The summed E-state index contributed by atoms with van der Waals surface area (Å²) in [6.07, 6.45) is 11.2. The van der Waals surface area contributed by atoms with Gasteiger partial charge in [0.25, 0.3) is 0 Å². The molecule has 0 aliphatic heterocycles. The molecule has 1 heterocycles. The first kappa shape index (κ1) is 43.0. The van der Waals surface area contributed by atoms with Gasteiger partial charge in [0.1, 0.15) is 26.4 Å². The van der Waals surface area contributed by atoms with Crippen LogP contribution in [0.5, 0.6) is 0 Å². The van der Waals surface area contributed by atoms with Crippen LogP contribution in [0.3, 0.4) is 0 Å². The summed E-state index contributed by atoms with van der Waals surface area (Å²) in [4.78, 5) is 67.8. The number of Topliss-reactive ketones (excluding diaryl/α,β-unsaturated/α-hetero) is 1. The quantitative estimate of drug-likeness (QED) is 0.126. The number of nitrogens with zero attached hydrogens (tertiary/aromatic N) is 1. The lowest BCUT2D eigenvalue weighted by Gasteiger charge is -2.58. The van der Waals surface area contributed by atoms with Crippen LogP contribution in [0.2, 0.25) is 0 Å². The molecule has 0 spiro atoms. The van der Waals surface area contributed by atoms with E-state index in [0.29, 0.717) is 12.1 Å². The molecule has 60 heavy (non-hydrogen) atoms. The first-order valence-electron chi connectivity index (χ1n) is 20.9. The number of nitrogens with two attached hydrogens (primary N) is 1. The minimum Gasteiger partial charge on any atom is -0.459 e. The number of amides is 1. The summed E-state index contributed by atoms with van der Waals surface area (Å²) in [7, 11) is 0. The number of esters is 2. The van der Waals surface area contributed by atoms with Gasteiger partial charge >= 0.3 is 11.9 Å². The predicted molar refractivity (Wildman–Crippen MR) is 222 cm³/mol. The monoisotopic (exact) mass is 821 g/mol. The molecule has 4 N–H and O–H groups in total. The molecule has 0 unspecified atom stereocenters. The topological polar surface area (TPSA) is 193 Å². The second-order valence-corrected chi connectivity index (χ2v) is 17.3. The molecule has 318 valence electrons. The van der Waals surface area contributed by atoms with E-state index in [1.807, 2.05) is 30.3 Å². The van der Waals surface area contributed by atoms with E-state index in [9.17, 15) is 29.1 Å². The molecule has 0 saturated heterocycles. The molecule has 13 heteroatoms. The predicted octanol–water partition coefficient (Wildman–Crippen LogP) is 5.25. The number of aliphatic hydroxyl groups is 1. The van der Waals surface area contributed by atoms with Gasteiger partial charge in [0.2, 0.25) is 5.91 Å². The average Bonchev–Trinajstić information content (AvgIpc) is 3.50. The number of hydrogen-bond acceptors (Lipinski definition) is 12. The molecule has 4 aliphatic rings. The Kier molecular flexibility index (Phi) is 13.1. The van der Waals surface area contributed by atoms with Crippen molar-refractivity contribution in [3.8, 4) is 0 Å². The van der Waals surface area contributed by atoms with E-state index in [1.54, 1.807) is 48.8 Å². The highest BCUT2D eigenvalue weighted by Crippen LogP contribution is 2.67. The molecular formula is C47H55N3O10. The van der Waals surface area contributed by atoms with Crippen molar-refractivity contribution in [1.29, 1.82) is 0 Å². The van der Waals surface area contributed by atoms with Crippen molar-refractivity contribution in [3.63, 3.8) is 0 Å². The lowest BCUT2D eigenvalue weighted by Crippen LogP contribution is -2.56. The lowest BCUT2D eigenvalue weighted by atomic mass is 9.46. The molecular weight excluding hydrogens is 767 g/mol. The molecule has 1 amide bonds. The normalized spacial score (nSPS) is 28.5. The van der Waals surface area contributed by atoms with Crippen LogP contribution < -0.4 is 11.1 Å². The van der Waals surface area contributed by atoms with Crippen molar-refractivity contribution in [1.82, 2.24) is 4.98 Å². The number of allylic oxidation sites excluding steroid dienone is 4. The van der Waals surface area contributed by atoms with Gasteiger partial charge < -0.3 is 35.1 Å². The van der Waals surface area contributed by atoms with Crippen LogP contribution in [0.1, 0.15) is 63.5 Å². The first-order chi connectivity index (χ1) is 28.8. The molecule has 1 aromatic heterocycles. The summed E-state index contributed by atoms with van der Waals surface area (Å²) in [5, 5.41) is 16.5. The molecule has 2 aromatic carbocycles. The van der Waals surface area contributed by atoms with Crippen molar-refractivity contribution in [2.24, 2.45) is 46.2 Å². The maximum Gasteiger partial charge on any atom is 0.332 e. The van der Waals surface area contributed by atoms with Gasteiger partial charge in [-0.3, -0.25) is 19.4 Å². The van der Waals surface area contributed by atoms with Crippen LogP contribution in [0.25, 0.3) is 10.8 Å². The Hall–Kier alpha value is -5.08. The Labute approximate surface area is 350 Å². The molecule has 9 atom stereocenters. The largest absolute Gasteiger partial charge is 0.459 e. The van der Waals surface area contributed by atoms with E-state index in [0.717, 1.165) is 46.7 Å². The highest BCUT2D eigenvalue weighted by molar-refractivity contribution is 6.01. The van der Waals surface area contributed by atoms with E-state index in [-0.39, 0.29) is 98.7 Å². The van der Waals surface area contributed by atoms with Crippen LogP contribution in [0.15, 0.2) is 84.7 Å². The Morgan fingerprint density at radius 1 is 0.967 bits per heavy atom. The number of benzene rings is 2. The molecule has 3 aromatic rings. The zero-order valence-corrected chi connectivity index (χ0v) is 34.5. The van der Waals surface area contributed by atoms with E-state index in [4.69, 9.17) is 24.7 Å². The molecule has 3 fully saturated rings. The molecule has 0 bridgehead atoms. The fourth-order valence-corrected chi connectivity index (χ4v) is 10.9. The third-order valence-corrected chi connectivity index (χ3v) is 13.6. The van der Waals surface area contributed by atoms with Gasteiger partial charge in [0.05, 0.1) is 25.2 Å². The lowest BCUT2D eigenvalue weighted by molar-refractivity contribution is -0.158. The van der Waals surface area contributed by atoms with Crippen LogP contribution in [-0.4, -0.2) is 85.2 Å². The van der Waals surface area contributed by atoms with E-state index in [2.05, 4.69) is 31.1 Å². The number of pyridine rings is 1. The third kappa shape index (κ3) is 9.00. The molecule has 13 nitrogen and oxygen atoms in total. The molecule has 0 radical (unpaired) electrons. The first-order valence-corrected chi connectivity index (χ1v) is 20.9. The van der Waals surface area contributed by atoms with Crippen LogP contribution in [-0.2, 0) is 49.5 Å². The highest BCUT2D eigenvalue weighted by Gasteiger charge is 2.64. The summed E-state index contributed by atoms with van der Waals surface area (Å²) < 4.78 is 21.4. The number of anilines is 1. The van der Waals surface area contributed by atoms with Crippen molar-refractivity contribution in [3.05, 3.63) is 95.9 Å². The van der Waals surface area contributed by atoms with Gasteiger partial charge in [0.15, 0.2) is 11.6 Å². The number of carbonyl (C=O) groups excluding carboxylic acids is 5. The van der Waals surface area contributed by atoms with E-state index < -0.39 is 29.4 Å². The second kappa shape index (κ2) is 18.3. The van der Waals surface area contributed by atoms with E-state index >= 15 is 0 Å². The summed E-state index contributed by atoms with van der Waals surface area (Å²) in [5.74, 6) is -2.06. The van der Waals surface area contributed by atoms with Gasteiger partial charge in [0, 0.05) is 47.3 Å². The number of ketones is 2. The zero-order chi connectivity index (χ0) is 42.6. The van der Waals surface area contributed by atoms with E-state index in [1.165, 1.54) is 0 Å². The van der Waals surface area contributed by atoms with Crippen LogP contribution in [0.4, 0.5) is 5.69 Å². The Morgan fingerprint density at radius 3 is 2.43 bits per heavy atom. The number of nitrogens with one attached hydrogen (secondary N) is 1. The van der Waals surface area contributed by atoms with Crippen LogP contribution in [0, 0.1) is 40.4 Å². The number of aliphatic hydroxyl groups excluding tert-OH is 1. The highest BCUT2D eigenvalue weighted by atomic mass is 16.6. The molecule has 7 rings (SSSR count). The maximum absolute atomic E-state index is 13.7. The Balaban J connectivity index is 0.782.